The zero-order valence-corrected chi connectivity index (χ0v) is 7.54. The average molecular weight is 203 g/mol. The molecule has 0 amide bonds. The molecule has 6 heteroatoms. The van der Waals surface area contributed by atoms with Crippen molar-refractivity contribution < 1.29 is 13.3 Å². The fourth-order valence-electron chi connectivity index (χ4n) is 1.50. The Labute approximate surface area is 79.5 Å². The summed E-state index contributed by atoms with van der Waals surface area (Å²) in [6, 6.07) is 0. The number of hydrogen-bond donors (Lipinski definition) is 1. The molecular weight excluding hydrogens is 192 g/mol. The molecule has 0 aliphatic heterocycles. The highest BCUT2D eigenvalue weighted by Gasteiger charge is 2.48. The minimum Gasteiger partial charge on any atom is -0.339 e. The lowest BCUT2D eigenvalue weighted by molar-refractivity contribution is -0.0925. The van der Waals surface area contributed by atoms with Crippen LogP contribution in [0.2, 0.25) is 0 Å². The summed E-state index contributed by atoms with van der Waals surface area (Å²) in [5.41, 5.74) is 5.29. The SMILES string of the molecule is NCCc1noc(C2CC(F)(F)C2)n1. The first-order chi connectivity index (χ1) is 6.61. The van der Waals surface area contributed by atoms with Gasteiger partial charge in [-0.05, 0) is 6.54 Å². The third-order valence-corrected chi connectivity index (χ3v) is 2.29. The van der Waals surface area contributed by atoms with Crippen LogP contribution in [-0.4, -0.2) is 22.6 Å². The first-order valence-corrected chi connectivity index (χ1v) is 4.51. The molecule has 1 aromatic heterocycles. The van der Waals surface area contributed by atoms with Crippen LogP contribution in [0.3, 0.4) is 0 Å². The van der Waals surface area contributed by atoms with Crippen molar-refractivity contribution >= 4 is 0 Å². The summed E-state index contributed by atoms with van der Waals surface area (Å²) >= 11 is 0. The minimum atomic E-state index is -2.55. The van der Waals surface area contributed by atoms with Crippen LogP contribution in [0, 0.1) is 0 Å². The van der Waals surface area contributed by atoms with E-state index in [-0.39, 0.29) is 18.8 Å². The van der Waals surface area contributed by atoms with E-state index in [0.29, 0.717) is 24.7 Å². The van der Waals surface area contributed by atoms with Crippen LogP contribution in [0.15, 0.2) is 4.52 Å². The van der Waals surface area contributed by atoms with Gasteiger partial charge in [-0.15, -0.1) is 0 Å². The summed E-state index contributed by atoms with van der Waals surface area (Å²) < 4.78 is 29.9. The molecule has 0 radical (unpaired) electrons. The Morgan fingerprint density at radius 2 is 2.21 bits per heavy atom. The molecule has 1 heterocycles. The molecule has 78 valence electrons. The van der Waals surface area contributed by atoms with Gasteiger partial charge < -0.3 is 10.3 Å². The van der Waals surface area contributed by atoms with Gasteiger partial charge in [0, 0.05) is 25.2 Å². The predicted octanol–water partition coefficient (Wildman–Crippen LogP) is 1.08. The maximum absolute atomic E-state index is 12.5. The van der Waals surface area contributed by atoms with Gasteiger partial charge in [-0.2, -0.15) is 4.98 Å². The number of rotatable bonds is 3. The van der Waals surface area contributed by atoms with E-state index < -0.39 is 5.92 Å². The Bertz CT molecular complexity index is 318. The fourth-order valence-corrected chi connectivity index (χ4v) is 1.50. The van der Waals surface area contributed by atoms with Crippen LogP contribution < -0.4 is 5.73 Å². The Kier molecular flexibility index (Phi) is 2.22. The quantitative estimate of drug-likeness (QED) is 0.798. The normalized spacial score (nSPS) is 20.8. The van der Waals surface area contributed by atoms with Crippen LogP contribution in [0.5, 0.6) is 0 Å². The lowest BCUT2D eigenvalue weighted by Gasteiger charge is -2.31. The van der Waals surface area contributed by atoms with Crippen LogP contribution in [0.25, 0.3) is 0 Å². The fraction of sp³-hybridized carbons (Fsp3) is 0.750. The highest BCUT2D eigenvalue weighted by molar-refractivity contribution is 5.04. The third kappa shape index (κ3) is 1.75. The summed E-state index contributed by atoms with van der Waals surface area (Å²) in [5.74, 6) is -2.01. The van der Waals surface area contributed by atoms with Crippen molar-refractivity contribution in [2.75, 3.05) is 6.54 Å². The number of nitrogens with two attached hydrogens (primary N) is 1. The van der Waals surface area contributed by atoms with Gasteiger partial charge in [0.2, 0.25) is 11.8 Å². The molecule has 1 aliphatic rings. The molecule has 2 N–H and O–H groups in total. The van der Waals surface area contributed by atoms with Gasteiger partial charge in [-0.25, -0.2) is 8.78 Å². The van der Waals surface area contributed by atoms with Crippen molar-refractivity contribution in [1.82, 2.24) is 10.1 Å². The van der Waals surface area contributed by atoms with Crippen molar-refractivity contribution in [2.24, 2.45) is 5.73 Å². The Morgan fingerprint density at radius 1 is 1.50 bits per heavy atom. The smallest absolute Gasteiger partial charge is 0.249 e. The van der Waals surface area contributed by atoms with Crippen LogP contribution in [-0.2, 0) is 6.42 Å². The largest absolute Gasteiger partial charge is 0.339 e. The molecule has 1 saturated carbocycles. The zero-order chi connectivity index (χ0) is 10.2. The van der Waals surface area contributed by atoms with Gasteiger partial charge in [0.05, 0.1) is 0 Å². The lowest BCUT2D eigenvalue weighted by Crippen LogP contribution is -2.33. The van der Waals surface area contributed by atoms with Crippen LogP contribution >= 0.6 is 0 Å². The minimum absolute atomic E-state index is 0.183. The summed E-state index contributed by atoms with van der Waals surface area (Å²) in [6.07, 6.45) is 0.154. The molecule has 0 unspecified atom stereocenters. The van der Waals surface area contributed by atoms with Gasteiger partial charge in [-0.3, -0.25) is 0 Å². The summed E-state index contributed by atoms with van der Waals surface area (Å²) in [7, 11) is 0. The molecule has 14 heavy (non-hydrogen) atoms. The second-order valence-electron chi connectivity index (χ2n) is 3.55. The highest BCUT2D eigenvalue weighted by Crippen LogP contribution is 2.47. The van der Waals surface area contributed by atoms with Crippen molar-refractivity contribution in [3.8, 4) is 0 Å². The highest BCUT2D eigenvalue weighted by atomic mass is 19.3. The van der Waals surface area contributed by atoms with Gasteiger partial charge in [0.15, 0.2) is 5.82 Å². The maximum atomic E-state index is 12.5. The van der Waals surface area contributed by atoms with E-state index in [4.69, 9.17) is 10.3 Å². The molecule has 4 nitrogen and oxygen atoms in total. The Hall–Kier alpha value is -1.04. The second-order valence-corrected chi connectivity index (χ2v) is 3.55. The van der Waals surface area contributed by atoms with E-state index >= 15 is 0 Å². The summed E-state index contributed by atoms with van der Waals surface area (Å²) in [5, 5.41) is 3.65. The topological polar surface area (TPSA) is 64.9 Å². The number of hydrogen-bond acceptors (Lipinski definition) is 4. The first kappa shape index (κ1) is 9.51. The summed E-state index contributed by atoms with van der Waals surface area (Å²) in [4.78, 5) is 4.00. The van der Waals surface area contributed by atoms with E-state index in [0.717, 1.165) is 0 Å². The maximum Gasteiger partial charge on any atom is 0.249 e. The second kappa shape index (κ2) is 3.27. The molecule has 0 atom stereocenters. The third-order valence-electron chi connectivity index (χ3n) is 2.29. The number of halogens is 2. The molecule has 1 aromatic rings. The molecule has 0 aromatic carbocycles. The number of alkyl halides is 2. The zero-order valence-electron chi connectivity index (χ0n) is 7.54. The van der Waals surface area contributed by atoms with E-state index in [9.17, 15) is 8.78 Å². The molecule has 0 bridgehead atoms. The lowest BCUT2D eigenvalue weighted by atomic mass is 9.81. The predicted molar refractivity (Wildman–Crippen MR) is 44.0 cm³/mol. The van der Waals surface area contributed by atoms with Gasteiger partial charge >= 0.3 is 0 Å². The Morgan fingerprint density at radius 3 is 2.79 bits per heavy atom. The molecule has 1 aliphatic carbocycles. The Balaban J connectivity index is 1.98. The number of aromatic nitrogens is 2. The van der Waals surface area contributed by atoms with Crippen molar-refractivity contribution in [3.05, 3.63) is 11.7 Å². The molecule has 0 saturated heterocycles. The van der Waals surface area contributed by atoms with E-state index in [2.05, 4.69) is 10.1 Å². The molecule has 0 spiro atoms. The summed E-state index contributed by atoms with van der Waals surface area (Å²) in [6.45, 7) is 0.430. The van der Waals surface area contributed by atoms with Crippen molar-refractivity contribution in [2.45, 2.75) is 31.1 Å². The van der Waals surface area contributed by atoms with Crippen molar-refractivity contribution in [3.63, 3.8) is 0 Å². The van der Waals surface area contributed by atoms with Crippen LogP contribution in [0.1, 0.15) is 30.5 Å². The van der Waals surface area contributed by atoms with Gasteiger partial charge in [-0.1, -0.05) is 5.16 Å². The van der Waals surface area contributed by atoms with Gasteiger partial charge in [0.1, 0.15) is 0 Å². The average Bonchev–Trinajstić information content (AvgIpc) is 2.49. The van der Waals surface area contributed by atoms with Crippen molar-refractivity contribution in [1.29, 1.82) is 0 Å². The van der Waals surface area contributed by atoms with Crippen LogP contribution in [0.4, 0.5) is 8.78 Å². The number of nitrogens with zero attached hydrogens (tertiary/aromatic N) is 2. The van der Waals surface area contributed by atoms with Gasteiger partial charge in [0.25, 0.3) is 0 Å². The van der Waals surface area contributed by atoms with E-state index in [1.54, 1.807) is 0 Å². The standard InChI is InChI=1S/C8H11F2N3O/c9-8(10)3-5(4-8)7-12-6(1-2-11)13-14-7/h5H,1-4,11H2. The molecular formula is C8H11F2N3O. The van der Waals surface area contributed by atoms with E-state index in [1.165, 1.54) is 0 Å². The molecule has 1 fully saturated rings. The first-order valence-electron chi connectivity index (χ1n) is 4.51. The monoisotopic (exact) mass is 203 g/mol. The molecule has 2 rings (SSSR count). The van der Waals surface area contributed by atoms with E-state index in [1.807, 2.05) is 0 Å².